The van der Waals surface area contributed by atoms with Gasteiger partial charge in [0, 0.05) is 11.8 Å². The van der Waals surface area contributed by atoms with Crippen molar-refractivity contribution in [2.45, 2.75) is 6.92 Å². The third kappa shape index (κ3) is 3.23. The van der Waals surface area contributed by atoms with Crippen LogP contribution in [-0.4, -0.2) is 10.9 Å². The van der Waals surface area contributed by atoms with E-state index < -0.39 is 0 Å². The highest BCUT2D eigenvalue weighted by Gasteiger charge is 2.15. The molecular formula is C17H12Cl2N2O2. The maximum absolute atomic E-state index is 12.4. The van der Waals surface area contributed by atoms with Crippen LogP contribution in [0.1, 0.15) is 16.1 Å². The number of rotatable bonds is 3. The Morgan fingerprint density at radius 3 is 2.70 bits per heavy atom. The third-order valence-electron chi connectivity index (χ3n) is 3.34. The van der Waals surface area contributed by atoms with Gasteiger partial charge in [-0.3, -0.25) is 9.78 Å². The number of nitrogens with one attached hydrogen (secondary N) is 1. The summed E-state index contributed by atoms with van der Waals surface area (Å²) in [6, 6.07) is 10.5. The maximum Gasteiger partial charge on any atom is 0.259 e. The highest BCUT2D eigenvalue weighted by Crippen LogP contribution is 2.33. The molecule has 2 aromatic heterocycles. The topological polar surface area (TPSA) is 55.1 Å². The van der Waals surface area contributed by atoms with Crippen LogP contribution in [0.4, 0.5) is 5.69 Å². The van der Waals surface area contributed by atoms with Crippen LogP contribution >= 0.6 is 23.2 Å². The Hall–Kier alpha value is -2.30. The van der Waals surface area contributed by atoms with Gasteiger partial charge in [0.05, 0.1) is 33.3 Å². The minimum atomic E-state index is -0.256. The van der Waals surface area contributed by atoms with E-state index in [1.54, 1.807) is 25.1 Å². The van der Waals surface area contributed by atoms with E-state index in [-0.39, 0.29) is 5.91 Å². The Balaban J connectivity index is 1.98. The summed E-state index contributed by atoms with van der Waals surface area (Å²) in [7, 11) is 0. The molecule has 3 aromatic rings. The first-order valence-electron chi connectivity index (χ1n) is 6.82. The number of aromatic nitrogens is 1. The zero-order valence-corrected chi connectivity index (χ0v) is 13.7. The summed E-state index contributed by atoms with van der Waals surface area (Å²) < 4.78 is 5.16. The molecule has 4 nitrogen and oxygen atoms in total. The number of carbonyl (C=O) groups is 1. The number of nitrogens with zero attached hydrogens (tertiary/aromatic N) is 1. The molecule has 0 saturated heterocycles. The lowest BCUT2D eigenvalue weighted by Crippen LogP contribution is -2.13. The lowest BCUT2D eigenvalue weighted by Gasteiger charge is -2.11. The summed E-state index contributed by atoms with van der Waals surface area (Å²) in [5.41, 5.74) is 2.35. The number of para-hydroxylation sites is 1. The fourth-order valence-electron chi connectivity index (χ4n) is 2.22. The summed E-state index contributed by atoms with van der Waals surface area (Å²) in [5.74, 6) is 0.302. The van der Waals surface area contributed by atoms with Crippen molar-refractivity contribution in [2.24, 2.45) is 0 Å². The number of anilines is 1. The number of furan rings is 1. The molecule has 116 valence electrons. The number of amides is 1. The molecule has 0 spiro atoms. The van der Waals surface area contributed by atoms with E-state index >= 15 is 0 Å². The fourth-order valence-corrected chi connectivity index (χ4v) is 2.70. The molecule has 0 atom stereocenters. The van der Waals surface area contributed by atoms with Gasteiger partial charge in [0.1, 0.15) is 5.76 Å². The molecule has 0 radical (unpaired) electrons. The standard InChI is InChI=1S/C17H12Cl2N2O2/c1-10-12(6-7-23-10)17(22)21-15-5-3-2-4-13(15)16-14(19)8-11(18)9-20-16/h2-9H,1H3,(H,21,22). The fraction of sp³-hybridized carbons (Fsp3) is 0.0588. The summed E-state index contributed by atoms with van der Waals surface area (Å²) in [6.07, 6.45) is 3.00. The lowest BCUT2D eigenvalue weighted by atomic mass is 10.1. The molecule has 1 aromatic carbocycles. The lowest BCUT2D eigenvalue weighted by molar-refractivity contribution is 0.102. The Labute approximate surface area is 143 Å². The maximum atomic E-state index is 12.4. The van der Waals surface area contributed by atoms with Gasteiger partial charge < -0.3 is 9.73 Å². The van der Waals surface area contributed by atoms with Crippen LogP contribution in [0.2, 0.25) is 10.0 Å². The quantitative estimate of drug-likeness (QED) is 0.708. The van der Waals surface area contributed by atoms with Gasteiger partial charge in [0.25, 0.3) is 5.91 Å². The van der Waals surface area contributed by atoms with Crippen molar-refractivity contribution in [3.05, 3.63) is 70.2 Å². The van der Waals surface area contributed by atoms with E-state index in [0.717, 1.165) is 0 Å². The van der Waals surface area contributed by atoms with Crippen LogP contribution in [0.25, 0.3) is 11.3 Å². The predicted molar refractivity (Wildman–Crippen MR) is 91.1 cm³/mol. The summed E-state index contributed by atoms with van der Waals surface area (Å²) in [5, 5.41) is 3.73. The molecule has 1 N–H and O–H groups in total. The second kappa shape index (κ2) is 6.44. The number of carbonyl (C=O) groups excluding carboxylic acids is 1. The van der Waals surface area contributed by atoms with E-state index in [2.05, 4.69) is 10.3 Å². The molecule has 0 aliphatic heterocycles. The molecular weight excluding hydrogens is 335 g/mol. The monoisotopic (exact) mass is 346 g/mol. The summed E-state index contributed by atoms with van der Waals surface area (Å²) in [6.45, 7) is 1.73. The molecule has 0 aliphatic rings. The zero-order chi connectivity index (χ0) is 16.4. The van der Waals surface area contributed by atoms with Gasteiger partial charge >= 0.3 is 0 Å². The van der Waals surface area contributed by atoms with Crippen molar-refractivity contribution in [3.63, 3.8) is 0 Å². The molecule has 3 rings (SSSR count). The second-order valence-electron chi connectivity index (χ2n) is 4.87. The van der Waals surface area contributed by atoms with E-state index in [0.29, 0.717) is 38.3 Å². The first-order chi connectivity index (χ1) is 11.1. The second-order valence-corrected chi connectivity index (χ2v) is 5.72. The summed E-state index contributed by atoms with van der Waals surface area (Å²) in [4.78, 5) is 16.6. The van der Waals surface area contributed by atoms with Gasteiger partial charge in [-0.05, 0) is 25.1 Å². The molecule has 0 bridgehead atoms. The minimum absolute atomic E-state index is 0.256. The normalized spacial score (nSPS) is 10.6. The average molecular weight is 347 g/mol. The van der Waals surface area contributed by atoms with Crippen LogP contribution in [-0.2, 0) is 0 Å². The van der Waals surface area contributed by atoms with E-state index in [4.69, 9.17) is 27.6 Å². The van der Waals surface area contributed by atoms with Crippen molar-refractivity contribution in [1.82, 2.24) is 4.98 Å². The number of benzene rings is 1. The molecule has 23 heavy (non-hydrogen) atoms. The molecule has 0 aliphatic carbocycles. The summed E-state index contributed by atoms with van der Waals surface area (Å²) >= 11 is 12.1. The van der Waals surface area contributed by atoms with E-state index in [1.165, 1.54) is 12.5 Å². The average Bonchev–Trinajstić information content (AvgIpc) is 2.94. The van der Waals surface area contributed by atoms with E-state index in [1.807, 2.05) is 18.2 Å². The Morgan fingerprint density at radius 2 is 2.00 bits per heavy atom. The molecule has 1 amide bonds. The van der Waals surface area contributed by atoms with E-state index in [9.17, 15) is 4.79 Å². The molecule has 6 heteroatoms. The molecule has 0 unspecified atom stereocenters. The molecule has 0 fully saturated rings. The van der Waals surface area contributed by atoms with Crippen LogP contribution in [0.15, 0.2) is 53.3 Å². The Kier molecular flexibility index (Phi) is 4.37. The highest BCUT2D eigenvalue weighted by molar-refractivity contribution is 6.36. The smallest absolute Gasteiger partial charge is 0.259 e. The van der Waals surface area contributed by atoms with Crippen molar-refractivity contribution < 1.29 is 9.21 Å². The number of hydrogen-bond donors (Lipinski definition) is 1. The van der Waals surface area contributed by atoms with Crippen LogP contribution in [0.5, 0.6) is 0 Å². The number of hydrogen-bond acceptors (Lipinski definition) is 3. The third-order valence-corrected chi connectivity index (χ3v) is 3.84. The number of halogens is 2. The predicted octanol–water partition coefficient (Wildman–Crippen LogP) is 5.21. The SMILES string of the molecule is Cc1occc1C(=O)Nc1ccccc1-c1ncc(Cl)cc1Cl. The largest absolute Gasteiger partial charge is 0.469 e. The minimum Gasteiger partial charge on any atom is -0.469 e. The Bertz CT molecular complexity index is 875. The zero-order valence-electron chi connectivity index (χ0n) is 12.1. The van der Waals surface area contributed by atoms with Crippen LogP contribution in [0.3, 0.4) is 0 Å². The number of pyridine rings is 1. The van der Waals surface area contributed by atoms with Crippen molar-refractivity contribution >= 4 is 34.8 Å². The van der Waals surface area contributed by atoms with Crippen molar-refractivity contribution in [2.75, 3.05) is 5.32 Å². The number of aryl methyl sites for hydroxylation is 1. The van der Waals surface area contributed by atoms with Gasteiger partial charge in [-0.1, -0.05) is 41.4 Å². The van der Waals surface area contributed by atoms with Crippen molar-refractivity contribution in [3.8, 4) is 11.3 Å². The van der Waals surface area contributed by atoms with Gasteiger partial charge in [-0.2, -0.15) is 0 Å². The van der Waals surface area contributed by atoms with Gasteiger partial charge in [0.2, 0.25) is 0 Å². The van der Waals surface area contributed by atoms with Crippen LogP contribution < -0.4 is 5.32 Å². The Morgan fingerprint density at radius 1 is 1.22 bits per heavy atom. The van der Waals surface area contributed by atoms with Crippen molar-refractivity contribution in [1.29, 1.82) is 0 Å². The van der Waals surface area contributed by atoms with Gasteiger partial charge in [-0.25, -0.2) is 0 Å². The highest BCUT2D eigenvalue weighted by atomic mass is 35.5. The van der Waals surface area contributed by atoms with Crippen LogP contribution in [0, 0.1) is 6.92 Å². The molecule has 2 heterocycles. The molecule has 0 saturated carbocycles. The van der Waals surface area contributed by atoms with Gasteiger partial charge in [-0.15, -0.1) is 0 Å². The van der Waals surface area contributed by atoms with Gasteiger partial charge in [0.15, 0.2) is 0 Å². The first-order valence-corrected chi connectivity index (χ1v) is 7.58. The first kappa shape index (κ1) is 15.6.